The Hall–Kier alpha value is -3.45. The van der Waals surface area contributed by atoms with E-state index in [0.29, 0.717) is 46.6 Å². The lowest BCUT2D eigenvalue weighted by atomic mass is 9.87. The summed E-state index contributed by atoms with van der Waals surface area (Å²) < 4.78 is 11.7. The van der Waals surface area contributed by atoms with Crippen LogP contribution in [-0.2, 0) is 14.3 Å². The molecule has 1 atom stereocenters. The summed E-state index contributed by atoms with van der Waals surface area (Å²) in [6.07, 6.45) is 3.74. The van der Waals surface area contributed by atoms with Crippen LogP contribution >= 0.6 is 11.6 Å². The number of methoxy groups -OCH3 is 1. The van der Waals surface area contributed by atoms with Crippen molar-refractivity contribution in [1.29, 1.82) is 0 Å². The van der Waals surface area contributed by atoms with E-state index in [0.717, 1.165) is 16.5 Å². The van der Waals surface area contributed by atoms with Gasteiger partial charge in [0.25, 0.3) is 5.91 Å². The van der Waals surface area contributed by atoms with Gasteiger partial charge in [-0.15, -0.1) is 0 Å². The molecule has 0 amide bonds. The molecule has 7 nitrogen and oxygen atoms in total. The minimum absolute atomic E-state index is 0.208. The maximum Gasteiger partial charge on any atom is 0.337 e. The van der Waals surface area contributed by atoms with Gasteiger partial charge in [0, 0.05) is 5.39 Å². The normalized spacial score (nSPS) is 15.9. The molecule has 1 aliphatic rings. The van der Waals surface area contributed by atoms with Gasteiger partial charge >= 0.3 is 11.9 Å². The molecule has 8 heteroatoms. The molecule has 0 fully saturated rings. The van der Waals surface area contributed by atoms with Crippen molar-refractivity contribution in [2.75, 3.05) is 7.11 Å². The predicted molar refractivity (Wildman–Crippen MR) is 138 cm³/mol. The van der Waals surface area contributed by atoms with E-state index >= 15 is 0 Å². The molecule has 1 aromatic heterocycles. The van der Waals surface area contributed by atoms with Gasteiger partial charge in [0.05, 0.1) is 40.4 Å². The fourth-order valence-electron chi connectivity index (χ4n) is 4.41. The number of nitrogens with zero attached hydrogens (tertiary/aromatic N) is 2. The average Bonchev–Trinajstić information content (AvgIpc) is 3.21. The third-order valence-electron chi connectivity index (χ3n) is 6.19. The first kappa shape index (κ1) is 25.6. The summed E-state index contributed by atoms with van der Waals surface area (Å²) in [4.78, 5) is 38.4. The number of hydrogen-bond acceptors (Lipinski definition) is 6. The Balaban J connectivity index is 1.78. The van der Waals surface area contributed by atoms with Gasteiger partial charge in [-0.05, 0) is 82.4 Å². The van der Waals surface area contributed by atoms with Crippen LogP contribution in [0.3, 0.4) is 0 Å². The van der Waals surface area contributed by atoms with E-state index in [1.165, 1.54) is 11.8 Å². The number of halogens is 1. The third-order valence-corrected chi connectivity index (χ3v) is 6.50. The summed E-state index contributed by atoms with van der Waals surface area (Å²) in [5.41, 5.74) is 2.90. The quantitative estimate of drug-likeness (QED) is 0.402. The average molecular weight is 509 g/mol. The Bertz CT molecular complexity index is 1380. The molecule has 1 unspecified atom stereocenters. The summed E-state index contributed by atoms with van der Waals surface area (Å²) >= 11 is 6.39. The summed E-state index contributed by atoms with van der Waals surface area (Å²) in [7, 11) is 1.31. The highest BCUT2D eigenvalue weighted by Crippen LogP contribution is 2.35. The largest absolute Gasteiger partial charge is 0.465 e. The molecule has 1 aliphatic carbocycles. The zero-order valence-corrected chi connectivity index (χ0v) is 21.8. The molecule has 0 N–H and O–H groups in total. The lowest BCUT2D eigenvalue weighted by molar-refractivity contribution is -0.160. The molecule has 36 heavy (non-hydrogen) atoms. The number of carbonyl (C=O) groups is 3. The Labute approximate surface area is 215 Å². The maximum atomic E-state index is 13.6. The number of fused-ring (bicyclic) bond motifs is 1. The lowest BCUT2D eigenvalue weighted by Crippen LogP contribution is -2.29. The van der Waals surface area contributed by atoms with Gasteiger partial charge in [0.15, 0.2) is 0 Å². The van der Waals surface area contributed by atoms with Crippen molar-refractivity contribution in [3.8, 4) is 0 Å². The molecule has 0 spiro atoms. The van der Waals surface area contributed by atoms with E-state index in [-0.39, 0.29) is 17.8 Å². The summed E-state index contributed by atoms with van der Waals surface area (Å²) in [5.74, 6) is -1.33. The van der Waals surface area contributed by atoms with Crippen molar-refractivity contribution in [3.63, 3.8) is 0 Å². The number of esters is 2. The van der Waals surface area contributed by atoms with Crippen LogP contribution in [0.2, 0.25) is 5.02 Å². The number of aromatic nitrogens is 2. The van der Waals surface area contributed by atoms with E-state index in [1.54, 1.807) is 30.3 Å². The number of allylic oxidation sites excluding steroid dienone is 2. The standard InChI is InChI=1S/C28H29ClN2O5/c1-16-7-6-8-21(29)23(16)25(32)31-22-15-19(26(33)35-5)13-14-20(22)24(30-31)17-9-11-18(12-10-17)27(34)36-28(2,3)4/h6-9,13-15,18H,10-12H2,1-5H3. The van der Waals surface area contributed by atoms with E-state index in [1.807, 2.05) is 39.8 Å². The van der Waals surface area contributed by atoms with Crippen LogP contribution in [0.4, 0.5) is 0 Å². The topological polar surface area (TPSA) is 87.5 Å². The number of ether oxygens (including phenoxy) is 2. The molecule has 188 valence electrons. The van der Waals surface area contributed by atoms with Crippen molar-refractivity contribution in [2.24, 2.45) is 5.92 Å². The van der Waals surface area contributed by atoms with Gasteiger partial charge in [-0.3, -0.25) is 9.59 Å². The molecular formula is C28H29ClN2O5. The van der Waals surface area contributed by atoms with Crippen LogP contribution in [0, 0.1) is 12.8 Å². The van der Waals surface area contributed by atoms with E-state index in [9.17, 15) is 14.4 Å². The second kappa shape index (κ2) is 9.90. The van der Waals surface area contributed by atoms with E-state index < -0.39 is 11.6 Å². The molecule has 4 rings (SSSR count). The number of aryl methyl sites for hydroxylation is 1. The molecule has 0 aliphatic heterocycles. The number of carbonyl (C=O) groups excluding carboxylic acids is 3. The minimum Gasteiger partial charge on any atom is -0.465 e. The zero-order chi connectivity index (χ0) is 26.2. The monoisotopic (exact) mass is 508 g/mol. The Morgan fingerprint density at radius 2 is 1.89 bits per heavy atom. The Morgan fingerprint density at radius 3 is 2.50 bits per heavy atom. The van der Waals surface area contributed by atoms with E-state index in [2.05, 4.69) is 0 Å². The minimum atomic E-state index is -0.537. The number of hydrogen-bond donors (Lipinski definition) is 0. The molecular weight excluding hydrogens is 480 g/mol. The fourth-order valence-corrected chi connectivity index (χ4v) is 4.71. The predicted octanol–water partition coefficient (Wildman–Crippen LogP) is 6.00. The van der Waals surface area contributed by atoms with Crippen LogP contribution < -0.4 is 0 Å². The number of benzene rings is 2. The first-order valence-electron chi connectivity index (χ1n) is 11.8. The van der Waals surface area contributed by atoms with Crippen molar-refractivity contribution >= 4 is 45.9 Å². The van der Waals surface area contributed by atoms with Gasteiger partial charge in [0.2, 0.25) is 0 Å². The van der Waals surface area contributed by atoms with Gasteiger partial charge in [0.1, 0.15) is 5.60 Å². The lowest BCUT2D eigenvalue weighted by Gasteiger charge is -2.25. The first-order valence-corrected chi connectivity index (χ1v) is 12.2. The first-order chi connectivity index (χ1) is 17.0. The highest BCUT2D eigenvalue weighted by Gasteiger charge is 2.29. The third kappa shape index (κ3) is 5.07. The van der Waals surface area contributed by atoms with E-state index in [4.69, 9.17) is 26.2 Å². The van der Waals surface area contributed by atoms with Crippen LogP contribution in [0.25, 0.3) is 16.5 Å². The van der Waals surface area contributed by atoms with Gasteiger partial charge in [-0.25, -0.2) is 4.79 Å². The van der Waals surface area contributed by atoms with Crippen LogP contribution in [0.1, 0.15) is 72.0 Å². The summed E-state index contributed by atoms with van der Waals surface area (Å²) in [5, 5.41) is 5.75. The SMILES string of the molecule is COC(=O)c1ccc2c(C3=CCC(C(=O)OC(C)(C)C)CC3)nn(C(=O)c3c(C)cccc3Cl)c2c1. The van der Waals surface area contributed by atoms with Crippen LogP contribution in [0.15, 0.2) is 42.5 Å². The van der Waals surface area contributed by atoms with Crippen LogP contribution in [-0.4, -0.2) is 40.3 Å². The van der Waals surface area contributed by atoms with Crippen LogP contribution in [0.5, 0.6) is 0 Å². The van der Waals surface area contributed by atoms with Crippen molar-refractivity contribution in [2.45, 2.75) is 52.6 Å². The molecule has 0 radical (unpaired) electrons. The highest BCUT2D eigenvalue weighted by molar-refractivity contribution is 6.34. The molecule has 1 heterocycles. The molecule has 2 aromatic carbocycles. The van der Waals surface area contributed by atoms with Gasteiger partial charge in [-0.1, -0.05) is 29.8 Å². The van der Waals surface area contributed by atoms with Crippen molar-refractivity contribution < 1.29 is 23.9 Å². The molecule has 0 saturated carbocycles. The molecule has 0 saturated heterocycles. The van der Waals surface area contributed by atoms with Gasteiger partial charge in [-0.2, -0.15) is 9.78 Å². The highest BCUT2D eigenvalue weighted by atomic mass is 35.5. The zero-order valence-electron chi connectivity index (χ0n) is 21.1. The molecule has 0 bridgehead atoms. The van der Waals surface area contributed by atoms with Crippen molar-refractivity contribution in [3.05, 3.63) is 69.9 Å². The van der Waals surface area contributed by atoms with Gasteiger partial charge < -0.3 is 9.47 Å². The summed E-state index contributed by atoms with van der Waals surface area (Å²) in [6.45, 7) is 7.38. The van der Waals surface area contributed by atoms with Crippen molar-refractivity contribution in [1.82, 2.24) is 9.78 Å². The number of rotatable bonds is 4. The second-order valence-electron chi connectivity index (χ2n) is 9.95. The smallest absolute Gasteiger partial charge is 0.337 e. The maximum absolute atomic E-state index is 13.6. The Kier molecular flexibility index (Phi) is 7.05. The Morgan fingerprint density at radius 1 is 1.14 bits per heavy atom. The summed E-state index contributed by atoms with van der Waals surface area (Å²) in [6, 6.07) is 10.3. The molecule has 3 aromatic rings. The fraction of sp³-hybridized carbons (Fsp3) is 0.357. The second-order valence-corrected chi connectivity index (χ2v) is 10.4.